The number of hydrogen-bond acceptors (Lipinski definition) is 3. The zero-order valence-electron chi connectivity index (χ0n) is 10.7. The van der Waals surface area contributed by atoms with Crippen molar-refractivity contribution in [3.05, 3.63) is 29.3 Å². The Bertz CT molecular complexity index is 430. The van der Waals surface area contributed by atoms with Crippen LogP contribution in [-0.4, -0.2) is 30.2 Å². The van der Waals surface area contributed by atoms with Crippen LogP contribution in [0.5, 0.6) is 0 Å². The average molecular weight is 248 g/mol. The van der Waals surface area contributed by atoms with Gasteiger partial charge in [-0.25, -0.2) is 0 Å². The monoisotopic (exact) mass is 248 g/mol. The molecule has 1 amide bonds. The van der Waals surface area contributed by atoms with E-state index < -0.39 is 0 Å². The van der Waals surface area contributed by atoms with Gasteiger partial charge in [0.2, 0.25) is 0 Å². The van der Waals surface area contributed by atoms with Crippen molar-refractivity contribution in [3.63, 3.8) is 0 Å². The Morgan fingerprint density at radius 2 is 2.39 bits per heavy atom. The molecule has 0 spiro atoms. The van der Waals surface area contributed by atoms with Crippen molar-refractivity contribution in [3.8, 4) is 0 Å². The number of anilines is 1. The van der Waals surface area contributed by atoms with Gasteiger partial charge in [0.1, 0.15) is 0 Å². The number of hydrogen-bond donors (Lipinski definition) is 3. The molecule has 0 saturated heterocycles. The predicted octanol–water partition coefficient (Wildman–Crippen LogP) is 1.55. The molecule has 0 aliphatic carbocycles. The van der Waals surface area contributed by atoms with Crippen LogP contribution >= 0.6 is 0 Å². The Morgan fingerprint density at radius 3 is 3.17 bits per heavy atom. The molecule has 0 aromatic heterocycles. The second-order valence-electron chi connectivity index (χ2n) is 4.76. The molecule has 1 aromatic rings. The molecule has 3 N–H and O–H groups in total. The van der Waals surface area contributed by atoms with Crippen LogP contribution in [0.15, 0.2) is 18.2 Å². The quantitative estimate of drug-likeness (QED) is 0.757. The van der Waals surface area contributed by atoms with E-state index in [0.717, 1.165) is 36.2 Å². The molecule has 18 heavy (non-hydrogen) atoms. The largest absolute Gasteiger partial charge is 0.393 e. The Morgan fingerprint density at radius 1 is 1.56 bits per heavy atom. The summed E-state index contributed by atoms with van der Waals surface area (Å²) in [5.41, 5.74) is 2.94. The number of carbonyl (C=O) groups excluding carboxylic acids is 1. The minimum atomic E-state index is -0.378. The molecule has 4 nitrogen and oxygen atoms in total. The van der Waals surface area contributed by atoms with E-state index >= 15 is 0 Å². The van der Waals surface area contributed by atoms with Gasteiger partial charge in [-0.1, -0.05) is 6.07 Å². The maximum absolute atomic E-state index is 12.1. The Kier molecular flexibility index (Phi) is 4.20. The Hall–Kier alpha value is -1.55. The first-order valence-corrected chi connectivity index (χ1v) is 6.50. The van der Waals surface area contributed by atoms with E-state index in [1.165, 1.54) is 0 Å². The Labute approximate surface area is 107 Å². The van der Waals surface area contributed by atoms with Gasteiger partial charge < -0.3 is 15.7 Å². The van der Waals surface area contributed by atoms with Crippen LogP contribution in [-0.2, 0) is 6.42 Å². The van der Waals surface area contributed by atoms with Crippen molar-refractivity contribution >= 4 is 11.6 Å². The third-order valence-corrected chi connectivity index (χ3v) is 3.19. The zero-order chi connectivity index (χ0) is 13.0. The number of amides is 1. The van der Waals surface area contributed by atoms with Crippen molar-refractivity contribution in [1.29, 1.82) is 0 Å². The summed E-state index contributed by atoms with van der Waals surface area (Å²) in [6, 6.07) is 5.78. The summed E-state index contributed by atoms with van der Waals surface area (Å²) in [5.74, 6) is -0.0452. The van der Waals surface area contributed by atoms with Crippen LogP contribution in [0.3, 0.4) is 0 Å². The van der Waals surface area contributed by atoms with Gasteiger partial charge in [0, 0.05) is 24.3 Å². The molecule has 1 heterocycles. The normalized spacial score (nSPS) is 15.4. The minimum absolute atomic E-state index is 0.0452. The lowest BCUT2D eigenvalue weighted by molar-refractivity contribution is 0.0944. The van der Waals surface area contributed by atoms with Crippen molar-refractivity contribution in [2.75, 3.05) is 18.4 Å². The molecule has 1 aliphatic rings. The number of fused-ring (bicyclic) bond motifs is 1. The van der Waals surface area contributed by atoms with Crippen molar-refractivity contribution in [1.82, 2.24) is 5.32 Å². The number of aliphatic hydroxyl groups excluding tert-OH is 1. The second kappa shape index (κ2) is 5.87. The first kappa shape index (κ1) is 12.9. The minimum Gasteiger partial charge on any atom is -0.393 e. The fourth-order valence-electron chi connectivity index (χ4n) is 2.21. The van der Waals surface area contributed by atoms with Crippen LogP contribution in [0.1, 0.15) is 35.7 Å². The lowest BCUT2D eigenvalue weighted by Gasteiger charge is -2.20. The first-order valence-electron chi connectivity index (χ1n) is 6.50. The fraction of sp³-hybridized carbons (Fsp3) is 0.500. The van der Waals surface area contributed by atoms with E-state index in [4.69, 9.17) is 5.11 Å². The van der Waals surface area contributed by atoms with Crippen LogP contribution in [0, 0.1) is 0 Å². The molecule has 1 atom stereocenters. The molecular formula is C14H20N2O2. The summed E-state index contributed by atoms with van der Waals surface area (Å²) in [4.78, 5) is 12.1. The van der Waals surface area contributed by atoms with Crippen molar-refractivity contribution in [2.45, 2.75) is 32.3 Å². The highest BCUT2D eigenvalue weighted by atomic mass is 16.3. The molecule has 0 fully saturated rings. The van der Waals surface area contributed by atoms with Crippen molar-refractivity contribution in [2.24, 2.45) is 0 Å². The lowest BCUT2D eigenvalue weighted by atomic mass is 9.97. The standard InChI is InChI=1S/C14H20N2O2/c1-10(17)7-9-16-14(18)12-4-2-6-13-11(12)5-3-8-15-13/h2,4,6,10,15,17H,3,5,7-9H2,1H3,(H,16,18). The summed E-state index contributed by atoms with van der Waals surface area (Å²) in [5, 5.41) is 15.3. The molecule has 1 aromatic carbocycles. The van der Waals surface area contributed by atoms with Crippen LogP contribution in [0.4, 0.5) is 5.69 Å². The van der Waals surface area contributed by atoms with E-state index in [1.54, 1.807) is 6.92 Å². The Balaban J connectivity index is 2.06. The van der Waals surface area contributed by atoms with Gasteiger partial charge in [-0.2, -0.15) is 0 Å². The number of benzene rings is 1. The summed E-state index contributed by atoms with van der Waals surface area (Å²) in [6.07, 6.45) is 2.21. The zero-order valence-corrected chi connectivity index (χ0v) is 10.7. The molecule has 1 unspecified atom stereocenters. The molecule has 98 valence electrons. The average Bonchev–Trinajstić information content (AvgIpc) is 2.37. The molecule has 4 heteroatoms. The molecule has 1 aliphatic heterocycles. The van der Waals surface area contributed by atoms with Gasteiger partial charge in [-0.05, 0) is 43.9 Å². The third kappa shape index (κ3) is 3.01. The van der Waals surface area contributed by atoms with Gasteiger partial charge in [0.25, 0.3) is 5.91 Å². The van der Waals surface area contributed by atoms with Gasteiger partial charge in [0.15, 0.2) is 0 Å². The van der Waals surface area contributed by atoms with Gasteiger partial charge in [-0.3, -0.25) is 4.79 Å². The molecule has 0 saturated carbocycles. The summed E-state index contributed by atoms with van der Waals surface area (Å²) in [6.45, 7) is 3.20. The summed E-state index contributed by atoms with van der Waals surface area (Å²) < 4.78 is 0. The molecule has 0 bridgehead atoms. The molecule has 0 radical (unpaired) electrons. The highest BCUT2D eigenvalue weighted by molar-refractivity contribution is 5.97. The number of aliphatic hydroxyl groups is 1. The van der Waals surface area contributed by atoms with Crippen LogP contribution < -0.4 is 10.6 Å². The first-order chi connectivity index (χ1) is 8.68. The highest BCUT2D eigenvalue weighted by Gasteiger charge is 2.16. The number of nitrogens with one attached hydrogen (secondary N) is 2. The maximum atomic E-state index is 12.1. The fourth-order valence-corrected chi connectivity index (χ4v) is 2.21. The summed E-state index contributed by atoms with van der Waals surface area (Å²) >= 11 is 0. The van der Waals surface area contributed by atoms with E-state index in [0.29, 0.717) is 13.0 Å². The SMILES string of the molecule is CC(O)CCNC(=O)c1cccc2c1CCCN2. The molecular weight excluding hydrogens is 228 g/mol. The lowest BCUT2D eigenvalue weighted by Crippen LogP contribution is -2.28. The van der Waals surface area contributed by atoms with E-state index in [9.17, 15) is 4.79 Å². The van der Waals surface area contributed by atoms with E-state index in [2.05, 4.69) is 10.6 Å². The van der Waals surface area contributed by atoms with Crippen LogP contribution in [0.25, 0.3) is 0 Å². The molecule has 2 rings (SSSR count). The number of carbonyl (C=O) groups is 1. The van der Waals surface area contributed by atoms with Crippen LogP contribution in [0.2, 0.25) is 0 Å². The van der Waals surface area contributed by atoms with E-state index in [1.807, 2.05) is 18.2 Å². The van der Waals surface area contributed by atoms with Gasteiger partial charge >= 0.3 is 0 Å². The van der Waals surface area contributed by atoms with Crippen molar-refractivity contribution < 1.29 is 9.90 Å². The summed E-state index contributed by atoms with van der Waals surface area (Å²) in [7, 11) is 0. The van der Waals surface area contributed by atoms with Gasteiger partial charge in [0.05, 0.1) is 6.10 Å². The second-order valence-corrected chi connectivity index (χ2v) is 4.76. The number of rotatable bonds is 4. The third-order valence-electron chi connectivity index (χ3n) is 3.19. The predicted molar refractivity (Wildman–Crippen MR) is 71.9 cm³/mol. The topological polar surface area (TPSA) is 61.4 Å². The smallest absolute Gasteiger partial charge is 0.251 e. The highest BCUT2D eigenvalue weighted by Crippen LogP contribution is 2.25. The maximum Gasteiger partial charge on any atom is 0.251 e. The van der Waals surface area contributed by atoms with Gasteiger partial charge in [-0.15, -0.1) is 0 Å². The van der Waals surface area contributed by atoms with E-state index in [-0.39, 0.29) is 12.0 Å².